The number of furan rings is 1. The number of benzene rings is 1. The minimum Gasteiger partial charge on any atom is -0.468 e. The molecule has 3 aromatic rings. The first-order valence-electron chi connectivity index (χ1n) is 8.85. The molecular weight excluding hydrogens is 413 g/mol. The van der Waals surface area contributed by atoms with E-state index >= 15 is 0 Å². The Bertz CT molecular complexity index is 1100. The molecule has 2 heterocycles. The summed E-state index contributed by atoms with van der Waals surface area (Å²) in [6.45, 7) is -0.318. The van der Waals surface area contributed by atoms with Crippen LogP contribution in [0.3, 0.4) is 0 Å². The van der Waals surface area contributed by atoms with Gasteiger partial charge in [-0.15, -0.1) is 0 Å². The quantitative estimate of drug-likeness (QED) is 0.435. The monoisotopic (exact) mass is 431 g/mol. The molecule has 0 fully saturated rings. The highest BCUT2D eigenvalue weighted by Gasteiger charge is 2.32. The molecular formula is C20H18FN3O5S. The van der Waals surface area contributed by atoms with Gasteiger partial charge >= 0.3 is 11.8 Å². The number of hydrogen-bond donors (Lipinski definition) is 2. The van der Waals surface area contributed by atoms with Crippen molar-refractivity contribution in [3.8, 4) is 0 Å². The minimum absolute atomic E-state index is 0.0791. The number of carbonyl (C=O) groups excluding carboxylic acids is 2. The molecule has 0 aliphatic carbocycles. The van der Waals surface area contributed by atoms with Gasteiger partial charge in [-0.2, -0.15) is 0 Å². The maximum absolute atomic E-state index is 13.2. The van der Waals surface area contributed by atoms with Crippen LogP contribution < -0.4 is 10.6 Å². The van der Waals surface area contributed by atoms with Crippen LogP contribution in [0.5, 0.6) is 0 Å². The zero-order valence-electron chi connectivity index (χ0n) is 15.6. The van der Waals surface area contributed by atoms with E-state index in [-0.39, 0.29) is 17.2 Å². The molecule has 8 nitrogen and oxygen atoms in total. The number of pyridine rings is 1. The van der Waals surface area contributed by atoms with Crippen molar-refractivity contribution in [2.24, 2.45) is 0 Å². The zero-order valence-corrected chi connectivity index (χ0v) is 16.4. The summed E-state index contributed by atoms with van der Waals surface area (Å²) in [6.07, 6.45) is 4.42. The highest BCUT2D eigenvalue weighted by atomic mass is 32.2. The number of halogens is 1. The van der Waals surface area contributed by atoms with E-state index in [9.17, 15) is 22.4 Å². The Balaban J connectivity index is 1.69. The van der Waals surface area contributed by atoms with Gasteiger partial charge < -0.3 is 15.1 Å². The van der Waals surface area contributed by atoms with Crippen LogP contribution in [0.15, 0.2) is 76.5 Å². The Morgan fingerprint density at radius 1 is 1.03 bits per heavy atom. The molecule has 0 bridgehead atoms. The van der Waals surface area contributed by atoms with Gasteiger partial charge in [0.15, 0.2) is 9.84 Å². The van der Waals surface area contributed by atoms with Crippen LogP contribution in [0.4, 0.5) is 4.39 Å². The van der Waals surface area contributed by atoms with E-state index in [1.807, 2.05) is 0 Å². The number of amides is 2. The van der Waals surface area contributed by atoms with Gasteiger partial charge in [-0.3, -0.25) is 14.6 Å². The standard InChI is InChI=1S/C20H18FN3O5S/c21-15-5-7-16(8-6-15)30(27,28)18(17-4-2-10-29-17)13-24-20(26)19(25)23-12-14-3-1-9-22-11-14/h1-11,18H,12-13H2,(H,23,25)(H,24,26)/t18-/m0/s1. The lowest BCUT2D eigenvalue weighted by Crippen LogP contribution is -2.42. The van der Waals surface area contributed by atoms with Crippen LogP contribution in [0, 0.1) is 5.82 Å². The first kappa shape index (κ1) is 21.2. The largest absolute Gasteiger partial charge is 0.468 e. The maximum atomic E-state index is 13.2. The molecule has 2 N–H and O–H groups in total. The van der Waals surface area contributed by atoms with Crippen molar-refractivity contribution in [3.63, 3.8) is 0 Å². The molecule has 0 unspecified atom stereocenters. The first-order chi connectivity index (χ1) is 14.4. The molecule has 2 aromatic heterocycles. The van der Waals surface area contributed by atoms with Crippen LogP contribution in [0.2, 0.25) is 0 Å². The average molecular weight is 431 g/mol. The molecule has 0 radical (unpaired) electrons. The van der Waals surface area contributed by atoms with Crippen LogP contribution >= 0.6 is 0 Å². The van der Waals surface area contributed by atoms with Crippen LogP contribution in [0.25, 0.3) is 0 Å². The van der Waals surface area contributed by atoms with Crippen molar-refractivity contribution in [2.45, 2.75) is 16.7 Å². The summed E-state index contributed by atoms with van der Waals surface area (Å²) < 4.78 is 44.4. The molecule has 10 heteroatoms. The van der Waals surface area contributed by atoms with Crippen molar-refractivity contribution < 1.29 is 26.8 Å². The third-order valence-electron chi connectivity index (χ3n) is 4.21. The van der Waals surface area contributed by atoms with Gasteiger partial charge in [0.2, 0.25) is 0 Å². The number of carbonyl (C=O) groups is 2. The van der Waals surface area contributed by atoms with Gasteiger partial charge in [0, 0.05) is 25.5 Å². The Morgan fingerprint density at radius 2 is 1.77 bits per heavy atom. The van der Waals surface area contributed by atoms with Gasteiger partial charge in [-0.1, -0.05) is 6.07 Å². The molecule has 30 heavy (non-hydrogen) atoms. The van der Waals surface area contributed by atoms with Gasteiger partial charge in [0.1, 0.15) is 16.8 Å². The van der Waals surface area contributed by atoms with Crippen LogP contribution in [-0.4, -0.2) is 31.8 Å². The minimum atomic E-state index is -4.03. The number of hydrogen-bond acceptors (Lipinski definition) is 6. The molecule has 0 saturated heterocycles. The Labute approximate surface area is 172 Å². The smallest absolute Gasteiger partial charge is 0.309 e. The first-order valence-corrected chi connectivity index (χ1v) is 10.4. The second-order valence-electron chi connectivity index (χ2n) is 6.26. The van der Waals surface area contributed by atoms with Crippen LogP contribution in [-0.2, 0) is 26.0 Å². The summed E-state index contributed by atoms with van der Waals surface area (Å²) in [7, 11) is -4.03. The number of aromatic nitrogens is 1. The number of nitrogens with zero attached hydrogens (tertiary/aromatic N) is 1. The van der Waals surface area contributed by atoms with Crippen molar-refractivity contribution >= 4 is 21.7 Å². The highest BCUT2D eigenvalue weighted by Crippen LogP contribution is 2.29. The molecule has 0 spiro atoms. The number of rotatable bonds is 7. The van der Waals surface area contributed by atoms with Gasteiger partial charge in [0.25, 0.3) is 0 Å². The Hall–Kier alpha value is -3.53. The topological polar surface area (TPSA) is 118 Å². The second-order valence-corrected chi connectivity index (χ2v) is 8.39. The molecule has 2 amide bonds. The van der Waals surface area contributed by atoms with E-state index in [0.29, 0.717) is 5.56 Å². The van der Waals surface area contributed by atoms with E-state index in [1.54, 1.807) is 24.5 Å². The lowest BCUT2D eigenvalue weighted by Gasteiger charge is -2.16. The number of sulfone groups is 1. The summed E-state index contributed by atoms with van der Waals surface area (Å²) in [5.74, 6) is -2.42. The lowest BCUT2D eigenvalue weighted by molar-refractivity contribution is -0.139. The average Bonchev–Trinajstić information content (AvgIpc) is 3.27. The summed E-state index contributed by atoms with van der Waals surface area (Å²) in [4.78, 5) is 27.9. The predicted octanol–water partition coefficient (Wildman–Crippen LogP) is 1.76. The van der Waals surface area contributed by atoms with Gasteiger partial charge in [0.05, 0.1) is 11.2 Å². The molecule has 1 aromatic carbocycles. The Morgan fingerprint density at radius 3 is 2.40 bits per heavy atom. The molecule has 0 aliphatic heterocycles. The molecule has 0 aliphatic rings. The Kier molecular flexibility index (Phi) is 6.58. The maximum Gasteiger partial charge on any atom is 0.309 e. The van der Waals surface area contributed by atoms with E-state index in [1.165, 1.54) is 18.4 Å². The molecule has 0 saturated carbocycles. The zero-order chi connectivity index (χ0) is 21.6. The fourth-order valence-electron chi connectivity index (χ4n) is 2.66. The summed E-state index contributed by atoms with van der Waals surface area (Å²) >= 11 is 0. The predicted molar refractivity (Wildman–Crippen MR) is 104 cm³/mol. The lowest BCUT2D eigenvalue weighted by atomic mass is 10.3. The highest BCUT2D eigenvalue weighted by molar-refractivity contribution is 7.91. The van der Waals surface area contributed by atoms with E-state index in [4.69, 9.17) is 4.42 Å². The van der Waals surface area contributed by atoms with E-state index in [0.717, 1.165) is 24.3 Å². The van der Waals surface area contributed by atoms with Gasteiger partial charge in [-0.25, -0.2) is 12.8 Å². The van der Waals surface area contributed by atoms with E-state index < -0.39 is 39.3 Å². The fourth-order valence-corrected chi connectivity index (χ4v) is 4.24. The number of nitrogens with one attached hydrogen (secondary N) is 2. The molecule has 3 rings (SSSR count). The van der Waals surface area contributed by atoms with Crippen molar-refractivity contribution in [1.82, 2.24) is 15.6 Å². The third kappa shape index (κ3) is 5.09. The molecule has 1 atom stereocenters. The SMILES string of the molecule is O=C(NCc1cccnc1)C(=O)NC[C@@H](c1ccco1)S(=O)(=O)c1ccc(F)cc1. The van der Waals surface area contributed by atoms with Gasteiger partial charge in [-0.05, 0) is 48.0 Å². The summed E-state index contributed by atoms with van der Waals surface area (Å²) in [5, 5.41) is 3.44. The van der Waals surface area contributed by atoms with E-state index in [2.05, 4.69) is 15.6 Å². The van der Waals surface area contributed by atoms with Crippen molar-refractivity contribution in [1.29, 1.82) is 0 Å². The fraction of sp³-hybridized carbons (Fsp3) is 0.150. The summed E-state index contributed by atoms with van der Waals surface area (Å²) in [6, 6.07) is 10.7. The molecule has 156 valence electrons. The van der Waals surface area contributed by atoms with Crippen LogP contribution in [0.1, 0.15) is 16.6 Å². The normalized spacial score (nSPS) is 12.2. The third-order valence-corrected chi connectivity index (χ3v) is 6.28. The van der Waals surface area contributed by atoms with Crippen molar-refractivity contribution in [2.75, 3.05) is 6.54 Å². The second kappa shape index (κ2) is 9.31. The van der Waals surface area contributed by atoms with Crippen molar-refractivity contribution in [3.05, 3.63) is 84.3 Å². The summed E-state index contributed by atoms with van der Waals surface area (Å²) in [5.41, 5.74) is 0.700.